The first-order valence-corrected chi connectivity index (χ1v) is 5.50. The lowest BCUT2D eigenvalue weighted by molar-refractivity contribution is 0.110. The highest BCUT2D eigenvalue weighted by Crippen LogP contribution is 2.28. The number of rotatable bonds is 4. The van der Waals surface area contributed by atoms with Gasteiger partial charge in [0.15, 0.2) is 12.0 Å². The number of hydrogen-bond donors (Lipinski definition) is 0. The van der Waals surface area contributed by atoms with Gasteiger partial charge in [0.05, 0.1) is 12.2 Å². The Morgan fingerprint density at radius 3 is 2.83 bits per heavy atom. The molecule has 0 bridgehead atoms. The molecular formula is C14H11NO3. The van der Waals surface area contributed by atoms with E-state index in [9.17, 15) is 4.79 Å². The number of benzene rings is 1. The maximum Gasteiger partial charge on any atom is 0.185 e. The van der Waals surface area contributed by atoms with Gasteiger partial charge in [0.25, 0.3) is 0 Å². The molecule has 1 aromatic heterocycles. The minimum Gasteiger partial charge on any atom is -0.492 e. The third kappa shape index (κ3) is 2.25. The molecule has 4 heteroatoms. The Labute approximate surface area is 104 Å². The number of hydrogen-bond acceptors (Lipinski definition) is 4. The van der Waals surface area contributed by atoms with Gasteiger partial charge in [0, 0.05) is 5.56 Å². The van der Waals surface area contributed by atoms with Crippen molar-refractivity contribution in [2.45, 2.75) is 6.92 Å². The van der Waals surface area contributed by atoms with E-state index in [0.29, 0.717) is 30.0 Å². The van der Waals surface area contributed by atoms with E-state index in [1.807, 2.05) is 6.92 Å². The van der Waals surface area contributed by atoms with Crippen LogP contribution in [0.4, 0.5) is 0 Å². The first kappa shape index (κ1) is 11.9. The van der Waals surface area contributed by atoms with Gasteiger partial charge >= 0.3 is 0 Å². The maximum absolute atomic E-state index is 10.6. The summed E-state index contributed by atoms with van der Waals surface area (Å²) in [5.41, 5.74) is 1.24. The van der Waals surface area contributed by atoms with Gasteiger partial charge in [-0.25, -0.2) is 0 Å². The summed E-state index contributed by atoms with van der Waals surface area (Å²) in [6.07, 6.45) is 0.649. The highest BCUT2D eigenvalue weighted by molar-refractivity contribution is 5.73. The fourth-order valence-electron chi connectivity index (χ4n) is 1.61. The molecule has 1 heterocycles. The molecule has 0 spiro atoms. The van der Waals surface area contributed by atoms with E-state index < -0.39 is 0 Å². The first-order chi connectivity index (χ1) is 8.78. The monoisotopic (exact) mass is 241 g/mol. The van der Waals surface area contributed by atoms with Crippen LogP contribution >= 0.6 is 0 Å². The summed E-state index contributed by atoms with van der Waals surface area (Å²) in [6, 6.07) is 10.5. The number of nitriles is 1. The van der Waals surface area contributed by atoms with Crippen molar-refractivity contribution in [1.29, 1.82) is 5.26 Å². The summed E-state index contributed by atoms with van der Waals surface area (Å²) in [6.45, 7) is 2.33. The Kier molecular flexibility index (Phi) is 3.44. The van der Waals surface area contributed by atoms with Crippen molar-refractivity contribution in [3.63, 3.8) is 0 Å². The van der Waals surface area contributed by atoms with Gasteiger partial charge < -0.3 is 9.15 Å². The van der Waals surface area contributed by atoms with Crippen LogP contribution in [0.1, 0.15) is 23.0 Å². The van der Waals surface area contributed by atoms with Crippen LogP contribution in [-0.4, -0.2) is 12.9 Å². The van der Waals surface area contributed by atoms with Crippen LogP contribution in [0, 0.1) is 11.3 Å². The van der Waals surface area contributed by atoms with E-state index in [0.717, 1.165) is 5.56 Å². The molecule has 0 fully saturated rings. The fraction of sp³-hybridized carbons (Fsp3) is 0.143. The number of ether oxygens (including phenoxy) is 1. The zero-order chi connectivity index (χ0) is 13.0. The predicted molar refractivity (Wildman–Crippen MR) is 65.4 cm³/mol. The molecule has 0 radical (unpaired) electrons. The second-order valence-electron chi connectivity index (χ2n) is 3.58. The second-order valence-corrected chi connectivity index (χ2v) is 3.58. The lowest BCUT2D eigenvalue weighted by atomic mass is 10.1. The molecule has 2 rings (SSSR count). The van der Waals surface area contributed by atoms with Gasteiger partial charge in [-0.15, -0.1) is 0 Å². The van der Waals surface area contributed by atoms with Crippen LogP contribution in [0.15, 0.2) is 34.7 Å². The summed E-state index contributed by atoms with van der Waals surface area (Å²) in [7, 11) is 0. The standard InChI is InChI=1S/C14H11NO3/c1-2-17-14-7-10(3-4-11(14)8-15)13-6-5-12(9-16)18-13/h3-7,9H,2H2,1H3. The Balaban J connectivity index is 2.43. The molecule has 0 atom stereocenters. The highest BCUT2D eigenvalue weighted by atomic mass is 16.5. The van der Waals surface area contributed by atoms with Gasteiger partial charge in [-0.2, -0.15) is 5.26 Å². The molecule has 1 aromatic carbocycles. The normalized spacial score (nSPS) is 9.78. The topological polar surface area (TPSA) is 63.2 Å². The van der Waals surface area contributed by atoms with Gasteiger partial charge in [-0.05, 0) is 37.3 Å². The molecule has 0 N–H and O–H groups in total. The molecule has 90 valence electrons. The van der Waals surface area contributed by atoms with Gasteiger partial charge in [0.2, 0.25) is 0 Å². The number of carbonyl (C=O) groups excluding carboxylic acids is 1. The van der Waals surface area contributed by atoms with Crippen LogP contribution < -0.4 is 4.74 Å². The zero-order valence-corrected chi connectivity index (χ0v) is 9.84. The van der Waals surface area contributed by atoms with E-state index >= 15 is 0 Å². The zero-order valence-electron chi connectivity index (χ0n) is 9.84. The summed E-state index contributed by atoms with van der Waals surface area (Å²) in [4.78, 5) is 10.6. The van der Waals surface area contributed by atoms with Crippen LogP contribution in [0.5, 0.6) is 5.75 Å². The maximum atomic E-state index is 10.6. The lowest BCUT2D eigenvalue weighted by Gasteiger charge is -2.06. The van der Waals surface area contributed by atoms with Crippen molar-refractivity contribution in [1.82, 2.24) is 0 Å². The van der Waals surface area contributed by atoms with Crippen molar-refractivity contribution in [3.8, 4) is 23.1 Å². The molecule has 4 nitrogen and oxygen atoms in total. The van der Waals surface area contributed by atoms with E-state index in [2.05, 4.69) is 6.07 Å². The van der Waals surface area contributed by atoms with Gasteiger partial charge in [0.1, 0.15) is 17.6 Å². The summed E-state index contributed by atoms with van der Waals surface area (Å²) in [5, 5.41) is 8.95. The van der Waals surface area contributed by atoms with Crippen LogP contribution in [-0.2, 0) is 0 Å². The minimum absolute atomic E-state index is 0.271. The van der Waals surface area contributed by atoms with E-state index in [1.54, 1.807) is 30.3 Å². The van der Waals surface area contributed by atoms with E-state index in [-0.39, 0.29) is 5.76 Å². The number of aldehydes is 1. The molecule has 0 saturated heterocycles. The largest absolute Gasteiger partial charge is 0.492 e. The van der Waals surface area contributed by atoms with Gasteiger partial charge in [-0.3, -0.25) is 4.79 Å². The molecule has 0 saturated carbocycles. The van der Waals surface area contributed by atoms with Crippen LogP contribution in [0.3, 0.4) is 0 Å². The molecule has 0 amide bonds. The van der Waals surface area contributed by atoms with Crippen molar-refractivity contribution in [3.05, 3.63) is 41.7 Å². The fourth-order valence-corrected chi connectivity index (χ4v) is 1.61. The Hall–Kier alpha value is -2.54. The number of carbonyl (C=O) groups is 1. The molecule has 0 aliphatic heterocycles. The highest BCUT2D eigenvalue weighted by Gasteiger charge is 2.09. The summed E-state index contributed by atoms with van der Waals surface area (Å²) >= 11 is 0. The molecular weight excluding hydrogens is 230 g/mol. The molecule has 0 aliphatic rings. The average Bonchev–Trinajstić information content (AvgIpc) is 2.88. The minimum atomic E-state index is 0.271. The number of furan rings is 1. The molecule has 2 aromatic rings. The molecule has 0 aliphatic carbocycles. The Morgan fingerprint density at radius 1 is 1.39 bits per heavy atom. The van der Waals surface area contributed by atoms with Crippen molar-refractivity contribution in [2.24, 2.45) is 0 Å². The van der Waals surface area contributed by atoms with Gasteiger partial charge in [-0.1, -0.05) is 0 Å². The Morgan fingerprint density at radius 2 is 2.22 bits per heavy atom. The van der Waals surface area contributed by atoms with E-state index in [4.69, 9.17) is 14.4 Å². The van der Waals surface area contributed by atoms with Crippen LogP contribution in [0.25, 0.3) is 11.3 Å². The average molecular weight is 241 g/mol. The third-order valence-electron chi connectivity index (χ3n) is 2.43. The summed E-state index contributed by atoms with van der Waals surface area (Å²) < 4.78 is 10.7. The summed E-state index contributed by atoms with van der Waals surface area (Å²) in [5.74, 6) is 1.36. The third-order valence-corrected chi connectivity index (χ3v) is 2.43. The Bertz CT molecular complexity index is 608. The van der Waals surface area contributed by atoms with Crippen molar-refractivity contribution < 1.29 is 13.9 Å². The lowest BCUT2D eigenvalue weighted by Crippen LogP contribution is -1.94. The van der Waals surface area contributed by atoms with E-state index in [1.165, 1.54) is 0 Å². The SMILES string of the molecule is CCOc1cc(-c2ccc(C=O)o2)ccc1C#N. The molecule has 18 heavy (non-hydrogen) atoms. The quantitative estimate of drug-likeness (QED) is 0.772. The van der Waals surface area contributed by atoms with Crippen molar-refractivity contribution in [2.75, 3.05) is 6.61 Å². The first-order valence-electron chi connectivity index (χ1n) is 5.50. The van der Waals surface area contributed by atoms with Crippen molar-refractivity contribution >= 4 is 6.29 Å². The predicted octanol–water partition coefficient (Wildman–Crippen LogP) is 3.03. The smallest absolute Gasteiger partial charge is 0.185 e. The molecule has 0 unspecified atom stereocenters. The second kappa shape index (κ2) is 5.19. The van der Waals surface area contributed by atoms with Crippen LogP contribution in [0.2, 0.25) is 0 Å². The number of nitrogens with zero attached hydrogens (tertiary/aromatic N) is 1.